The number of furan rings is 1. The van der Waals surface area contributed by atoms with E-state index in [1.165, 1.54) is 0 Å². The molecule has 0 bridgehead atoms. The number of hydrogen-bond donors (Lipinski definition) is 2. The Labute approximate surface area is 112 Å². The number of nitrogens with one attached hydrogen (secondary N) is 1. The molecule has 102 valence electrons. The molecule has 5 heteroatoms. The van der Waals surface area contributed by atoms with Crippen LogP contribution < -0.4 is 16.0 Å². The summed E-state index contributed by atoms with van der Waals surface area (Å²) in [6, 6.07) is 3.75. The molecule has 2 aromatic heterocycles. The molecule has 19 heavy (non-hydrogen) atoms. The van der Waals surface area contributed by atoms with Gasteiger partial charge in [0.1, 0.15) is 17.3 Å². The minimum Gasteiger partial charge on any atom is -0.492 e. The van der Waals surface area contributed by atoms with E-state index in [2.05, 4.69) is 10.4 Å². The molecular formula is C14H19N3O2. The molecule has 0 amide bonds. The van der Waals surface area contributed by atoms with E-state index in [1.807, 2.05) is 32.9 Å². The highest BCUT2D eigenvalue weighted by atomic mass is 16.5. The van der Waals surface area contributed by atoms with Gasteiger partial charge in [-0.1, -0.05) is 0 Å². The summed E-state index contributed by atoms with van der Waals surface area (Å²) in [5.74, 6) is 8.13. The highest BCUT2D eigenvalue weighted by Gasteiger charge is 2.18. The monoisotopic (exact) mass is 261 g/mol. The summed E-state index contributed by atoms with van der Waals surface area (Å²) in [5.41, 5.74) is 4.75. The number of hydrazine groups is 1. The molecule has 1 unspecified atom stereocenters. The lowest BCUT2D eigenvalue weighted by molar-refractivity contribution is 0.338. The van der Waals surface area contributed by atoms with Crippen molar-refractivity contribution in [1.29, 1.82) is 0 Å². The van der Waals surface area contributed by atoms with Crippen LogP contribution in [-0.2, 0) is 0 Å². The fraction of sp³-hybridized carbons (Fsp3) is 0.357. The van der Waals surface area contributed by atoms with Crippen molar-refractivity contribution in [2.24, 2.45) is 5.84 Å². The van der Waals surface area contributed by atoms with Crippen LogP contribution in [0.2, 0.25) is 0 Å². The van der Waals surface area contributed by atoms with Crippen molar-refractivity contribution in [3.8, 4) is 5.75 Å². The lowest BCUT2D eigenvalue weighted by Gasteiger charge is -2.16. The summed E-state index contributed by atoms with van der Waals surface area (Å²) in [6.07, 6.45) is 3.46. The first-order chi connectivity index (χ1) is 9.15. The van der Waals surface area contributed by atoms with Gasteiger partial charge < -0.3 is 9.15 Å². The standard InChI is InChI=1S/C14H19N3O2/c1-4-18-12-6-11(7-16-8-12)14(17-15)13-5-9(2)19-10(13)3/h5-8,14,17H,4,15H2,1-3H3. The van der Waals surface area contributed by atoms with E-state index in [-0.39, 0.29) is 6.04 Å². The fourth-order valence-electron chi connectivity index (χ4n) is 2.14. The Morgan fingerprint density at radius 2 is 2.16 bits per heavy atom. The Balaban J connectivity index is 2.36. The van der Waals surface area contributed by atoms with Crippen molar-refractivity contribution in [2.45, 2.75) is 26.8 Å². The molecule has 0 saturated carbocycles. The third kappa shape index (κ3) is 2.94. The topological polar surface area (TPSA) is 73.3 Å². The smallest absolute Gasteiger partial charge is 0.137 e. The first-order valence-corrected chi connectivity index (χ1v) is 6.26. The third-order valence-electron chi connectivity index (χ3n) is 2.94. The lowest BCUT2D eigenvalue weighted by atomic mass is 10.0. The molecular weight excluding hydrogens is 242 g/mol. The van der Waals surface area contributed by atoms with Crippen molar-refractivity contribution >= 4 is 0 Å². The molecule has 2 aromatic rings. The molecule has 3 N–H and O–H groups in total. The molecule has 5 nitrogen and oxygen atoms in total. The molecule has 0 aliphatic rings. The molecule has 0 aliphatic heterocycles. The first kappa shape index (κ1) is 13.6. The van der Waals surface area contributed by atoms with E-state index >= 15 is 0 Å². The van der Waals surface area contributed by atoms with Gasteiger partial charge in [0.15, 0.2) is 0 Å². The van der Waals surface area contributed by atoms with E-state index in [1.54, 1.807) is 12.4 Å². The van der Waals surface area contributed by atoms with Crippen LogP contribution in [0.4, 0.5) is 0 Å². The Hall–Kier alpha value is -1.85. The van der Waals surface area contributed by atoms with Gasteiger partial charge in [0.25, 0.3) is 0 Å². The maximum Gasteiger partial charge on any atom is 0.137 e. The summed E-state index contributed by atoms with van der Waals surface area (Å²) in [5, 5.41) is 0. The zero-order chi connectivity index (χ0) is 13.8. The number of nitrogens with two attached hydrogens (primary N) is 1. The maximum absolute atomic E-state index is 5.68. The van der Waals surface area contributed by atoms with Crippen LogP contribution in [0.25, 0.3) is 0 Å². The number of nitrogens with zero attached hydrogens (tertiary/aromatic N) is 1. The van der Waals surface area contributed by atoms with Gasteiger partial charge in [-0.3, -0.25) is 10.8 Å². The summed E-state index contributed by atoms with van der Waals surface area (Å²) in [6.45, 7) is 6.38. The van der Waals surface area contributed by atoms with E-state index < -0.39 is 0 Å². The van der Waals surface area contributed by atoms with Gasteiger partial charge in [-0.15, -0.1) is 0 Å². The second-order valence-corrected chi connectivity index (χ2v) is 4.36. The van der Waals surface area contributed by atoms with Gasteiger partial charge in [-0.05, 0) is 38.5 Å². The second kappa shape index (κ2) is 5.86. The molecule has 0 fully saturated rings. The summed E-state index contributed by atoms with van der Waals surface area (Å²) >= 11 is 0. The van der Waals surface area contributed by atoms with Crippen LogP contribution in [0.3, 0.4) is 0 Å². The van der Waals surface area contributed by atoms with Crippen LogP contribution in [0.5, 0.6) is 5.75 Å². The molecule has 2 rings (SSSR count). The molecule has 1 atom stereocenters. The third-order valence-corrected chi connectivity index (χ3v) is 2.94. The zero-order valence-corrected chi connectivity index (χ0v) is 11.4. The lowest BCUT2D eigenvalue weighted by Crippen LogP contribution is -2.29. The molecule has 0 radical (unpaired) electrons. The highest BCUT2D eigenvalue weighted by Crippen LogP contribution is 2.28. The Morgan fingerprint density at radius 3 is 2.74 bits per heavy atom. The van der Waals surface area contributed by atoms with Gasteiger partial charge in [0.2, 0.25) is 0 Å². The number of rotatable bonds is 5. The van der Waals surface area contributed by atoms with E-state index in [0.29, 0.717) is 6.61 Å². The van der Waals surface area contributed by atoms with Crippen LogP contribution >= 0.6 is 0 Å². The Morgan fingerprint density at radius 1 is 1.37 bits per heavy atom. The number of aromatic nitrogens is 1. The van der Waals surface area contributed by atoms with E-state index in [9.17, 15) is 0 Å². The number of ether oxygens (including phenoxy) is 1. The van der Waals surface area contributed by atoms with Gasteiger partial charge >= 0.3 is 0 Å². The van der Waals surface area contributed by atoms with Crippen LogP contribution in [-0.4, -0.2) is 11.6 Å². The summed E-state index contributed by atoms with van der Waals surface area (Å²) < 4.78 is 11.0. The minimum absolute atomic E-state index is 0.162. The number of aryl methyl sites for hydroxylation is 2. The predicted octanol–water partition coefficient (Wildman–Crippen LogP) is 2.24. The Kier molecular flexibility index (Phi) is 4.19. The van der Waals surface area contributed by atoms with E-state index in [0.717, 1.165) is 28.4 Å². The van der Waals surface area contributed by atoms with Gasteiger partial charge in [0, 0.05) is 11.8 Å². The first-order valence-electron chi connectivity index (χ1n) is 6.26. The van der Waals surface area contributed by atoms with Crippen LogP contribution in [0.1, 0.15) is 35.6 Å². The SMILES string of the molecule is CCOc1cncc(C(NN)c2cc(C)oc2C)c1. The summed E-state index contributed by atoms with van der Waals surface area (Å²) in [7, 11) is 0. The van der Waals surface area contributed by atoms with Gasteiger partial charge in [0.05, 0.1) is 18.8 Å². The second-order valence-electron chi connectivity index (χ2n) is 4.36. The van der Waals surface area contributed by atoms with Crippen molar-refractivity contribution in [2.75, 3.05) is 6.61 Å². The van der Waals surface area contributed by atoms with Crippen LogP contribution in [0, 0.1) is 13.8 Å². The molecule has 0 aromatic carbocycles. The van der Waals surface area contributed by atoms with Gasteiger partial charge in [-0.25, -0.2) is 5.43 Å². The Bertz CT molecular complexity index is 551. The number of hydrogen-bond acceptors (Lipinski definition) is 5. The van der Waals surface area contributed by atoms with Crippen molar-refractivity contribution in [3.63, 3.8) is 0 Å². The van der Waals surface area contributed by atoms with Crippen molar-refractivity contribution < 1.29 is 9.15 Å². The average molecular weight is 261 g/mol. The molecule has 0 saturated heterocycles. The summed E-state index contributed by atoms with van der Waals surface area (Å²) in [4.78, 5) is 4.18. The quantitative estimate of drug-likeness (QED) is 0.638. The minimum atomic E-state index is -0.162. The highest BCUT2D eigenvalue weighted by molar-refractivity contribution is 5.36. The number of pyridine rings is 1. The molecule has 2 heterocycles. The van der Waals surface area contributed by atoms with Crippen LogP contribution in [0.15, 0.2) is 28.9 Å². The largest absolute Gasteiger partial charge is 0.492 e. The predicted molar refractivity (Wildman–Crippen MR) is 72.8 cm³/mol. The normalized spacial score (nSPS) is 12.4. The molecule has 0 spiro atoms. The molecule has 0 aliphatic carbocycles. The van der Waals surface area contributed by atoms with E-state index in [4.69, 9.17) is 15.0 Å². The maximum atomic E-state index is 5.68. The zero-order valence-electron chi connectivity index (χ0n) is 11.4. The van der Waals surface area contributed by atoms with Crippen molar-refractivity contribution in [3.05, 3.63) is 47.2 Å². The average Bonchev–Trinajstić information content (AvgIpc) is 2.71. The van der Waals surface area contributed by atoms with Crippen molar-refractivity contribution in [1.82, 2.24) is 10.4 Å². The fourth-order valence-corrected chi connectivity index (χ4v) is 2.14. The van der Waals surface area contributed by atoms with Gasteiger partial charge in [-0.2, -0.15) is 0 Å².